The van der Waals surface area contributed by atoms with Crippen LogP contribution in [0.3, 0.4) is 0 Å². The van der Waals surface area contributed by atoms with E-state index in [0.717, 1.165) is 0 Å². The van der Waals surface area contributed by atoms with E-state index in [1.807, 2.05) is 6.07 Å². The first kappa shape index (κ1) is 18.0. The molecule has 0 aromatic rings. The lowest BCUT2D eigenvalue weighted by atomic mass is 9.96. The second-order valence-corrected chi connectivity index (χ2v) is 4.94. The number of carbonyl (C=O) groups is 2. The molecule has 0 atom stereocenters. The number of carbonyl (C=O) groups excluding carboxylic acids is 2. The van der Waals surface area contributed by atoms with Crippen LogP contribution < -0.4 is 5.32 Å². The first-order chi connectivity index (χ1) is 10.6. The number of hydrogen-bond acceptors (Lipinski definition) is 6. The summed E-state index contributed by atoms with van der Waals surface area (Å²) in [4.78, 5) is 25.5. The lowest BCUT2D eigenvalue weighted by Crippen LogP contribution is -2.41. The lowest BCUT2D eigenvalue weighted by molar-refractivity contribution is -0.150. The number of hydrogen-bond donors (Lipinski definition) is 1. The molecule has 0 radical (unpaired) electrons. The van der Waals surface area contributed by atoms with Crippen LogP contribution in [0.25, 0.3) is 0 Å². The number of esters is 1. The molecule has 0 aromatic heterocycles. The van der Waals surface area contributed by atoms with Gasteiger partial charge in [0, 0.05) is 32.9 Å². The lowest BCUT2D eigenvalue weighted by Gasteiger charge is -2.30. The van der Waals surface area contributed by atoms with Gasteiger partial charge < -0.3 is 19.7 Å². The van der Waals surface area contributed by atoms with Gasteiger partial charge in [0.1, 0.15) is 11.6 Å². The summed E-state index contributed by atoms with van der Waals surface area (Å²) in [6, 6.07) is 1.91. The van der Waals surface area contributed by atoms with E-state index in [0.29, 0.717) is 45.7 Å². The van der Waals surface area contributed by atoms with Crippen LogP contribution in [0.2, 0.25) is 0 Å². The van der Waals surface area contributed by atoms with E-state index in [9.17, 15) is 9.59 Å². The molecular formula is C15H23N3O4. The van der Waals surface area contributed by atoms with Crippen LogP contribution in [-0.2, 0) is 19.1 Å². The molecule has 0 unspecified atom stereocenters. The van der Waals surface area contributed by atoms with Crippen molar-refractivity contribution >= 4 is 11.9 Å². The average molecular weight is 309 g/mol. The number of methoxy groups -OCH3 is 1. The molecule has 1 fully saturated rings. The van der Waals surface area contributed by atoms with Gasteiger partial charge in [-0.05, 0) is 19.8 Å². The van der Waals surface area contributed by atoms with E-state index in [1.165, 1.54) is 6.20 Å². The Balaban J connectivity index is 2.49. The van der Waals surface area contributed by atoms with Gasteiger partial charge in [-0.1, -0.05) is 0 Å². The highest BCUT2D eigenvalue weighted by molar-refractivity contribution is 5.97. The number of nitriles is 1. The maximum Gasteiger partial charge on any atom is 0.309 e. The van der Waals surface area contributed by atoms with E-state index in [1.54, 1.807) is 18.9 Å². The molecule has 0 spiro atoms. The Morgan fingerprint density at radius 2 is 2.09 bits per heavy atom. The number of piperidine rings is 1. The molecule has 122 valence electrons. The molecule has 0 saturated carbocycles. The fraction of sp³-hybridized carbons (Fsp3) is 0.667. The van der Waals surface area contributed by atoms with Crippen LogP contribution in [0.15, 0.2) is 11.8 Å². The van der Waals surface area contributed by atoms with Crippen molar-refractivity contribution < 1.29 is 19.1 Å². The van der Waals surface area contributed by atoms with Crippen molar-refractivity contribution in [2.24, 2.45) is 5.92 Å². The highest BCUT2D eigenvalue weighted by atomic mass is 16.5. The number of amides is 1. The molecule has 1 amide bonds. The molecule has 1 saturated heterocycles. The summed E-state index contributed by atoms with van der Waals surface area (Å²) >= 11 is 0. The molecule has 1 N–H and O–H groups in total. The fourth-order valence-electron chi connectivity index (χ4n) is 2.23. The zero-order valence-electron chi connectivity index (χ0n) is 13.1. The molecule has 7 heteroatoms. The summed E-state index contributed by atoms with van der Waals surface area (Å²) < 4.78 is 9.87. The molecule has 1 aliphatic rings. The van der Waals surface area contributed by atoms with Crippen molar-refractivity contribution in [2.45, 2.75) is 19.8 Å². The number of nitrogens with one attached hydrogen (secondary N) is 1. The van der Waals surface area contributed by atoms with Crippen molar-refractivity contribution in [2.75, 3.05) is 40.0 Å². The van der Waals surface area contributed by atoms with Gasteiger partial charge in [0.25, 0.3) is 5.91 Å². The van der Waals surface area contributed by atoms with Crippen LogP contribution in [0.5, 0.6) is 0 Å². The van der Waals surface area contributed by atoms with Crippen molar-refractivity contribution in [1.82, 2.24) is 10.2 Å². The van der Waals surface area contributed by atoms with Gasteiger partial charge in [-0.15, -0.1) is 0 Å². The Kier molecular flexibility index (Phi) is 8.00. The molecule has 7 nitrogen and oxygen atoms in total. The minimum atomic E-state index is -0.310. The summed E-state index contributed by atoms with van der Waals surface area (Å²) in [7, 11) is 1.58. The summed E-state index contributed by atoms with van der Waals surface area (Å²) in [5.74, 6) is -0.667. The maximum atomic E-state index is 12.2. The highest BCUT2D eigenvalue weighted by Gasteiger charge is 2.29. The van der Waals surface area contributed by atoms with Crippen LogP contribution in [0.4, 0.5) is 0 Å². The third-order valence-corrected chi connectivity index (χ3v) is 3.45. The number of likely N-dealkylation sites (tertiary alicyclic amines) is 1. The SMILES string of the molecule is CCOC(=O)C1CCN(C(=O)/C(C#N)=C\NCCOC)CC1. The van der Waals surface area contributed by atoms with Crippen molar-refractivity contribution in [3.05, 3.63) is 11.8 Å². The zero-order chi connectivity index (χ0) is 16.4. The number of nitrogens with zero attached hydrogens (tertiary/aromatic N) is 2. The van der Waals surface area contributed by atoms with E-state index < -0.39 is 0 Å². The van der Waals surface area contributed by atoms with E-state index in [2.05, 4.69) is 5.32 Å². The van der Waals surface area contributed by atoms with Crippen LogP contribution in [-0.4, -0.2) is 56.7 Å². The van der Waals surface area contributed by atoms with E-state index in [-0.39, 0.29) is 23.4 Å². The summed E-state index contributed by atoms with van der Waals surface area (Å²) in [5.41, 5.74) is 0.0608. The second kappa shape index (κ2) is 9.79. The third kappa shape index (κ3) is 5.37. The first-order valence-electron chi connectivity index (χ1n) is 7.42. The highest BCUT2D eigenvalue weighted by Crippen LogP contribution is 2.19. The number of ether oxygens (including phenoxy) is 2. The van der Waals surface area contributed by atoms with Gasteiger partial charge in [0.2, 0.25) is 0 Å². The van der Waals surface area contributed by atoms with E-state index >= 15 is 0 Å². The Labute approximate surface area is 130 Å². The Morgan fingerprint density at radius 1 is 1.41 bits per heavy atom. The predicted molar refractivity (Wildman–Crippen MR) is 79.5 cm³/mol. The summed E-state index contributed by atoms with van der Waals surface area (Å²) in [6.45, 7) is 4.08. The van der Waals surface area contributed by atoms with Crippen LogP contribution in [0, 0.1) is 17.2 Å². The van der Waals surface area contributed by atoms with Gasteiger partial charge in [0.05, 0.1) is 19.1 Å². The second-order valence-electron chi connectivity index (χ2n) is 4.94. The van der Waals surface area contributed by atoms with Crippen molar-refractivity contribution in [3.8, 4) is 6.07 Å². The third-order valence-electron chi connectivity index (χ3n) is 3.45. The maximum absolute atomic E-state index is 12.2. The average Bonchev–Trinajstić information content (AvgIpc) is 2.55. The largest absolute Gasteiger partial charge is 0.466 e. The van der Waals surface area contributed by atoms with Crippen molar-refractivity contribution in [1.29, 1.82) is 5.26 Å². The molecule has 0 aliphatic carbocycles. The summed E-state index contributed by atoms with van der Waals surface area (Å²) in [5, 5.41) is 12.0. The molecule has 0 aromatic carbocycles. The zero-order valence-corrected chi connectivity index (χ0v) is 13.1. The minimum absolute atomic E-state index is 0.0608. The Bertz CT molecular complexity index is 448. The molecule has 1 rings (SSSR count). The number of rotatable bonds is 7. The van der Waals surface area contributed by atoms with Gasteiger partial charge in [0.15, 0.2) is 0 Å². The molecule has 1 aliphatic heterocycles. The standard InChI is InChI=1S/C15H23N3O4/c1-3-22-15(20)12-4-7-18(8-5-12)14(19)13(10-16)11-17-6-9-21-2/h11-12,17H,3-9H2,1-2H3/b13-11-. The van der Waals surface area contributed by atoms with Gasteiger partial charge >= 0.3 is 5.97 Å². The molecule has 1 heterocycles. The van der Waals surface area contributed by atoms with Gasteiger partial charge in [-0.3, -0.25) is 9.59 Å². The van der Waals surface area contributed by atoms with Gasteiger partial charge in [-0.25, -0.2) is 0 Å². The van der Waals surface area contributed by atoms with Crippen molar-refractivity contribution in [3.63, 3.8) is 0 Å². The topological polar surface area (TPSA) is 91.7 Å². The van der Waals surface area contributed by atoms with Crippen LogP contribution >= 0.6 is 0 Å². The monoisotopic (exact) mass is 309 g/mol. The Hall–Kier alpha value is -2.07. The molecular weight excluding hydrogens is 286 g/mol. The smallest absolute Gasteiger partial charge is 0.309 e. The quantitative estimate of drug-likeness (QED) is 0.317. The Morgan fingerprint density at radius 3 is 2.64 bits per heavy atom. The predicted octanol–water partition coefficient (Wildman–Crippen LogP) is 0.432. The fourth-order valence-corrected chi connectivity index (χ4v) is 2.23. The summed E-state index contributed by atoms with van der Waals surface area (Å²) in [6.07, 6.45) is 2.56. The van der Waals surface area contributed by atoms with Gasteiger partial charge in [-0.2, -0.15) is 5.26 Å². The first-order valence-corrected chi connectivity index (χ1v) is 7.42. The normalized spacial score (nSPS) is 16.0. The minimum Gasteiger partial charge on any atom is -0.466 e. The molecule has 0 bridgehead atoms. The molecule has 22 heavy (non-hydrogen) atoms. The van der Waals surface area contributed by atoms with E-state index in [4.69, 9.17) is 14.7 Å². The van der Waals surface area contributed by atoms with Crippen LogP contribution in [0.1, 0.15) is 19.8 Å².